The highest BCUT2D eigenvalue weighted by Crippen LogP contribution is 2.32. The Hall–Kier alpha value is -3.01. The van der Waals surface area contributed by atoms with Crippen LogP contribution in [-0.2, 0) is 0 Å². The molecule has 0 fully saturated rings. The smallest absolute Gasteiger partial charge is 0.258 e. The maximum atomic E-state index is 13.2. The topological polar surface area (TPSA) is 38.8 Å². The number of hydrogen-bond acceptors (Lipinski definition) is 3. The van der Waals surface area contributed by atoms with Crippen LogP contribution in [0.1, 0.15) is 23.7 Å². The highest BCUT2D eigenvalue weighted by Gasteiger charge is 2.20. The Labute approximate surface area is 153 Å². The molecular weight excluding hydrogens is 326 g/mol. The van der Waals surface area contributed by atoms with Crippen molar-refractivity contribution in [3.63, 3.8) is 0 Å². The van der Waals surface area contributed by atoms with Crippen LogP contribution in [0.4, 0.5) is 5.69 Å². The minimum atomic E-state index is -0.0421. The van der Waals surface area contributed by atoms with E-state index in [4.69, 9.17) is 9.47 Å². The van der Waals surface area contributed by atoms with Gasteiger partial charge < -0.3 is 14.4 Å². The Morgan fingerprint density at radius 3 is 2.58 bits per heavy atom. The zero-order chi connectivity index (χ0) is 17.9. The van der Waals surface area contributed by atoms with E-state index in [0.717, 1.165) is 22.9 Å². The Morgan fingerprint density at radius 2 is 1.73 bits per heavy atom. The quantitative estimate of drug-likeness (QED) is 0.691. The van der Waals surface area contributed by atoms with Crippen molar-refractivity contribution in [2.45, 2.75) is 13.3 Å². The highest BCUT2D eigenvalue weighted by atomic mass is 16.5. The predicted octanol–water partition coefficient (Wildman–Crippen LogP) is 4.67. The van der Waals surface area contributed by atoms with Gasteiger partial charge in [0.1, 0.15) is 0 Å². The first-order chi connectivity index (χ1) is 12.8. The molecule has 0 bridgehead atoms. The van der Waals surface area contributed by atoms with Gasteiger partial charge in [-0.1, -0.05) is 36.4 Å². The molecule has 1 heterocycles. The van der Waals surface area contributed by atoms with Crippen molar-refractivity contribution in [2.75, 3.05) is 24.7 Å². The van der Waals surface area contributed by atoms with Gasteiger partial charge in [-0.3, -0.25) is 4.79 Å². The number of nitrogens with zero attached hydrogens (tertiary/aromatic N) is 1. The second-order valence-electron chi connectivity index (χ2n) is 6.26. The number of ether oxygens (including phenoxy) is 2. The minimum absolute atomic E-state index is 0.0421. The summed E-state index contributed by atoms with van der Waals surface area (Å²) in [7, 11) is 0. The van der Waals surface area contributed by atoms with E-state index in [1.807, 2.05) is 48.2 Å². The van der Waals surface area contributed by atoms with Crippen molar-refractivity contribution in [3.05, 3.63) is 66.2 Å². The van der Waals surface area contributed by atoms with E-state index in [1.165, 1.54) is 0 Å². The van der Waals surface area contributed by atoms with Gasteiger partial charge in [0, 0.05) is 23.9 Å². The molecule has 26 heavy (non-hydrogen) atoms. The predicted molar refractivity (Wildman–Crippen MR) is 103 cm³/mol. The van der Waals surface area contributed by atoms with Crippen molar-refractivity contribution in [1.82, 2.24) is 0 Å². The van der Waals surface area contributed by atoms with Crippen LogP contribution in [0.25, 0.3) is 10.8 Å². The molecule has 0 saturated heterocycles. The van der Waals surface area contributed by atoms with Gasteiger partial charge in [0.2, 0.25) is 0 Å². The van der Waals surface area contributed by atoms with E-state index < -0.39 is 0 Å². The molecule has 0 saturated carbocycles. The number of hydrogen-bond donors (Lipinski definition) is 0. The second-order valence-corrected chi connectivity index (χ2v) is 6.26. The van der Waals surface area contributed by atoms with Crippen LogP contribution in [0.3, 0.4) is 0 Å². The van der Waals surface area contributed by atoms with E-state index in [2.05, 4.69) is 18.2 Å². The Kier molecular flexibility index (Phi) is 4.48. The van der Waals surface area contributed by atoms with Crippen LogP contribution in [0.15, 0.2) is 60.7 Å². The molecule has 0 radical (unpaired) electrons. The SMILES string of the molecule is CCN(C(=O)c1ccc2c(c1)OCCCO2)c1cccc2ccccc12. The van der Waals surface area contributed by atoms with Gasteiger partial charge in [0.15, 0.2) is 11.5 Å². The number of rotatable bonds is 3. The average Bonchev–Trinajstić information content (AvgIpc) is 2.93. The second kappa shape index (κ2) is 7.08. The lowest BCUT2D eigenvalue weighted by molar-refractivity contribution is 0.0988. The lowest BCUT2D eigenvalue weighted by Gasteiger charge is -2.23. The van der Waals surface area contributed by atoms with Gasteiger partial charge in [-0.2, -0.15) is 0 Å². The van der Waals surface area contributed by atoms with Gasteiger partial charge in [0.05, 0.1) is 18.9 Å². The molecule has 0 unspecified atom stereocenters. The highest BCUT2D eigenvalue weighted by molar-refractivity contribution is 6.11. The fourth-order valence-electron chi connectivity index (χ4n) is 3.32. The number of fused-ring (bicyclic) bond motifs is 2. The summed E-state index contributed by atoms with van der Waals surface area (Å²) in [5.74, 6) is 1.30. The van der Waals surface area contributed by atoms with Gasteiger partial charge in [-0.15, -0.1) is 0 Å². The monoisotopic (exact) mass is 347 g/mol. The summed E-state index contributed by atoms with van der Waals surface area (Å²) >= 11 is 0. The molecule has 132 valence electrons. The average molecular weight is 347 g/mol. The summed E-state index contributed by atoms with van der Waals surface area (Å²) in [6, 6.07) is 19.6. The maximum Gasteiger partial charge on any atom is 0.258 e. The van der Waals surface area contributed by atoms with Gasteiger partial charge in [-0.25, -0.2) is 0 Å². The van der Waals surface area contributed by atoms with Crippen molar-refractivity contribution < 1.29 is 14.3 Å². The number of carbonyl (C=O) groups excluding carboxylic acids is 1. The van der Waals surface area contributed by atoms with Crippen molar-refractivity contribution >= 4 is 22.4 Å². The minimum Gasteiger partial charge on any atom is -0.490 e. The van der Waals surface area contributed by atoms with Gasteiger partial charge in [0.25, 0.3) is 5.91 Å². The summed E-state index contributed by atoms with van der Waals surface area (Å²) < 4.78 is 11.4. The van der Waals surface area contributed by atoms with Gasteiger partial charge in [-0.05, 0) is 36.6 Å². The fraction of sp³-hybridized carbons (Fsp3) is 0.227. The molecule has 4 rings (SSSR count). The molecule has 4 nitrogen and oxygen atoms in total. The molecule has 1 aliphatic rings. The molecule has 0 aromatic heterocycles. The normalized spacial score (nSPS) is 13.3. The van der Waals surface area contributed by atoms with Crippen LogP contribution >= 0.6 is 0 Å². The Balaban J connectivity index is 1.73. The zero-order valence-corrected chi connectivity index (χ0v) is 14.8. The fourth-order valence-corrected chi connectivity index (χ4v) is 3.32. The first-order valence-corrected chi connectivity index (χ1v) is 8.97. The summed E-state index contributed by atoms with van der Waals surface area (Å²) in [5, 5.41) is 2.19. The standard InChI is InChI=1S/C22H21NO3/c1-2-23(19-10-5-8-16-7-3-4-9-18(16)19)22(24)17-11-12-20-21(15-17)26-14-6-13-25-20/h3-5,7-12,15H,2,6,13-14H2,1H3. The van der Waals surface area contributed by atoms with Crippen LogP contribution in [0.2, 0.25) is 0 Å². The molecule has 3 aromatic rings. The maximum absolute atomic E-state index is 13.2. The van der Waals surface area contributed by atoms with E-state index in [0.29, 0.717) is 36.8 Å². The third-order valence-corrected chi connectivity index (χ3v) is 4.61. The first-order valence-electron chi connectivity index (χ1n) is 8.97. The number of amides is 1. The third-order valence-electron chi connectivity index (χ3n) is 4.61. The molecule has 0 aliphatic carbocycles. The summed E-state index contributed by atoms with van der Waals surface area (Å²) in [5.41, 5.74) is 1.52. The van der Waals surface area contributed by atoms with E-state index in [-0.39, 0.29) is 5.91 Å². The first kappa shape index (κ1) is 16.5. The van der Waals surface area contributed by atoms with E-state index in [9.17, 15) is 4.79 Å². The Morgan fingerprint density at radius 1 is 0.962 bits per heavy atom. The lowest BCUT2D eigenvalue weighted by atomic mass is 10.1. The zero-order valence-electron chi connectivity index (χ0n) is 14.8. The lowest BCUT2D eigenvalue weighted by Crippen LogP contribution is -2.30. The molecule has 1 aliphatic heterocycles. The number of carbonyl (C=O) groups is 1. The molecule has 4 heteroatoms. The molecule has 3 aromatic carbocycles. The van der Waals surface area contributed by atoms with Crippen molar-refractivity contribution in [1.29, 1.82) is 0 Å². The molecule has 0 atom stereocenters. The van der Waals surface area contributed by atoms with Crippen molar-refractivity contribution in [2.24, 2.45) is 0 Å². The molecular formula is C22H21NO3. The summed E-state index contributed by atoms with van der Waals surface area (Å²) in [6.07, 6.45) is 0.842. The van der Waals surface area contributed by atoms with Crippen LogP contribution < -0.4 is 14.4 Å². The third kappa shape index (κ3) is 2.99. The van der Waals surface area contributed by atoms with E-state index in [1.54, 1.807) is 6.07 Å². The number of anilines is 1. The largest absolute Gasteiger partial charge is 0.490 e. The molecule has 0 N–H and O–H groups in total. The number of benzene rings is 3. The molecule has 1 amide bonds. The summed E-state index contributed by atoms with van der Waals surface area (Å²) in [4.78, 5) is 15.0. The Bertz CT molecular complexity index is 946. The van der Waals surface area contributed by atoms with Crippen molar-refractivity contribution in [3.8, 4) is 11.5 Å². The van der Waals surface area contributed by atoms with E-state index >= 15 is 0 Å². The van der Waals surface area contributed by atoms with Crippen LogP contribution in [-0.4, -0.2) is 25.7 Å². The summed E-state index contributed by atoms with van der Waals surface area (Å²) in [6.45, 7) is 3.81. The molecule has 0 spiro atoms. The van der Waals surface area contributed by atoms with Gasteiger partial charge >= 0.3 is 0 Å². The van der Waals surface area contributed by atoms with Crippen LogP contribution in [0.5, 0.6) is 11.5 Å². The van der Waals surface area contributed by atoms with Crippen LogP contribution in [0, 0.1) is 0 Å².